The number of likely N-dealkylation sites (N-methyl/N-ethyl adjacent to an activating group) is 1. The predicted octanol–water partition coefficient (Wildman–Crippen LogP) is 2.65. The number of piperazine rings is 1. The van der Waals surface area contributed by atoms with Crippen molar-refractivity contribution in [2.24, 2.45) is 0 Å². The highest BCUT2D eigenvalue weighted by Gasteiger charge is 2.25. The molecule has 0 aliphatic carbocycles. The van der Waals surface area contributed by atoms with Crippen LogP contribution in [0, 0.1) is 10.5 Å². The van der Waals surface area contributed by atoms with Gasteiger partial charge in [0.1, 0.15) is 0 Å². The Hall–Kier alpha value is -0.700. The normalized spacial score (nSPS) is 19.3. The van der Waals surface area contributed by atoms with Crippen LogP contribution in [-0.2, 0) is 0 Å². The summed E-state index contributed by atoms with van der Waals surface area (Å²) in [5.41, 5.74) is 2.19. The van der Waals surface area contributed by atoms with E-state index in [1.807, 2.05) is 12.1 Å². The zero-order valence-electron chi connectivity index (χ0n) is 12.0. The molecule has 7 heteroatoms. The molecule has 0 radical (unpaired) electrons. The van der Waals surface area contributed by atoms with E-state index in [9.17, 15) is 0 Å². The maximum absolute atomic E-state index is 5.47. The standard InChI is InChI=1S/C14H17IN4O.ClH/c1-9-10(4-3-5-11(9)15)14-17-13(18-20-14)12-8-16-6-7-19(12)2;/h3-5,12,16H,6-8H2,1-2H3;1H. The Morgan fingerprint density at radius 3 is 3.00 bits per heavy atom. The minimum Gasteiger partial charge on any atom is -0.334 e. The number of hydrogen-bond donors (Lipinski definition) is 1. The molecule has 5 nitrogen and oxygen atoms in total. The van der Waals surface area contributed by atoms with E-state index in [-0.39, 0.29) is 18.4 Å². The molecule has 0 spiro atoms. The first kappa shape index (κ1) is 16.7. The molecular formula is C14H18ClIN4O. The summed E-state index contributed by atoms with van der Waals surface area (Å²) in [6.45, 7) is 4.94. The van der Waals surface area contributed by atoms with Crippen LogP contribution in [0.1, 0.15) is 17.4 Å². The second-order valence-corrected chi connectivity index (χ2v) is 6.23. The van der Waals surface area contributed by atoms with Crippen LogP contribution in [0.4, 0.5) is 0 Å². The molecule has 1 unspecified atom stereocenters. The highest BCUT2D eigenvalue weighted by atomic mass is 127. The van der Waals surface area contributed by atoms with Gasteiger partial charge in [0.15, 0.2) is 5.82 Å². The van der Waals surface area contributed by atoms with Crippen LogP contribution in [0.25, 0.3) is 11.5 Å². The summed E-state index contributed by atoms with van der Waals surface area (Å²) in [6.07, 6.45) is 0. The molecule has 0 amide bonds. The van der Waals surface area contributed by atoms with E-state index in [4.69, 9.17) is 4.52 Å². The van der Waals surface area contributed by atoms with E-state index in [1.54, 1.807) is 0 Å². The summed E-state index contributed by atoms with van der Waals surface area (Å²) in [5, 5.41) is 7.54. The molecule has 0 bridgehead atoms. The van der Waals surface area contributed by atoms with Crippen molar-refractivity contribution in [1.82, 2.24) is 20.4 Å². The molecule has 21 heavy (non-hydrogen) atoms. The summed E-state index contributed by atoms with van der Waals surface area (Å²) < 4.78 is 6.67. The van der Waals surface area contributed by atoms with Gasteiger partial charge in [-0.1, -0.05) is 11.2 Å². The number of rotatable bonds is 2. The fourth-order valence-corrected chi connectivity index (χ4v) is 2.91. The number of halogens is 2. The quantitative estimate of drug-likeness (QED) is 0.757. The van der Waals surface area contributed by atoms with Crippen LogP contribution in [-0.4, -0.2) is 41.7 Å². The van der Waals surface area contributed by atoms with Gasteiger partial charge in [0.2, 0.25) is 0 Å². The second kappa shape index (κ2) is 7.04. The molecule has 1 fully saturated rings. The van der Waals surface area contributed by atoms with Crippen molar-refractivity contribution in [2.75, 3.05) is 26.7 Å². The fraction of sp³-hybridized carbons (Fsp3) is 0.429. The molecule has 1 atom stereocenters. The SMILES string of the molecule is Cc1c(I)cccc1-c1nc(C2CNCCN2C)no1.Cl. The number of aromatic nitrogens is 2. The number of nitrogens with one attached hydrogen (secondary N) is 1. The Kier molecular flexibility index (Phi) is 5.59. The molecule has 1 saturated heterocycles. The second-order valence-electron chi connectivity index (χ2n) is 5.07. The topological polar surface area (TPSA) is 54.2 Å². The van der Waals surface area contributed by atoms with E-state index in [0.717, 1.165) is 31.0 Å². The third-order valence-electron chi connectivity index (χ3n) is 3.75. The van der Waals surface area contributed by atoms with Crippen molar-refractivity contribution >= 4 is 35.0 Å². The molecule has 1 aliphatic rings. The molecular weight excluding hydrogens is 403 g/mol. The third-order valence-corrected chi connectivity index (χ3v) is 4.92. The summed E-state index contributed by atoms with van der Waals surface area (Å²) in [4.78, 5) is 6.85. The van der Waals surface area contributed by atoms with Gasteiger partial charge in [-0.2, -0.15) is 4.98 Å². The van der Waals surface area contributed by atoms with Gasteiger partial charge in [0, 0.05) is 28.8 Å². The summed E-state index contributed by atoms with van der Waals surface area (Å²) >= 11 is 2.32. The van der Waals surface area contributed by atoms with Crippen molar-refractivity contribution in [1.29, 1.82) is 0 Å². The minimum absolute atomic E-state index is 0. The van der Waals surface area contributed by atoms with E-state index < -0.39 is 0 Å². The molecule has 1 N–H and O–H groups in total. The highest BCUT2D eigenvalue weighted by molar-refractivity contribution is 14.1. The monoisotopic (exact) mass is 420 g/mol. The first-order valence-electron chi connectivity index (χ1n) is 6.67. The fourth-order valence-electron chi connectivity index (χ4n) is 2.41. The van der Waals surface area contributed by atoms with Gasteiger partial charge in [0.05, 0.1) is 6.04 Å². The van der Waals surface area contributed by atoms with Crippen molar-refractivity contribution in [2.45, 2.75) is 13.0 Å². The minimum atomic E-state index is 0. The average molecular weight is 421 g/mol. The van der Waals surface area contributed by atoms with Crippen molar-refractivity contribution in [3.05, 3.63) is 33.2 Å². The molecule has 0 saturated carbocycles. The maximum atomic E-state index is 5.47. The summed E-state index contributed by atoms with van der Waals surface area (Å²) in [7, 11) is 2.10. The van der Waals surface area contributed by atoms with Gasteiger partial charge < -0.3 is 9.84 Å². The lowest BCUT2D eigenvalue weighted by Crippen LogP contribution is -2.44. The number of nitrogens with zero attached hydrogens (tertiary/aromatic N) is 3. The summed E-state index contributed by atoms with van der Waals surface area (Å²) in [5.74, 6) is 1.36. The molecule has 2 heterocycles. The van der Waals surface area contributed by atoms with Crippen LogP contribution in [0.3, 0.4) is 0 Å². The first-order valence-corrected chi connectivity index (χ1v) is 7.74. The number of hydrogen-bond acceptors (Lipinski definition) is 5. The smallest absolute Gasteiger partial charge is 0.258 e. The lowest BCUT2D eigenvalue weighted by molar-refractivity contribution is 0.190. The van der Waals surface area contributed by atoms with Crippen LogP contribution in [0.2, 0.25) is 0 Å². The van der Waals surface area contributed by atoms with Crippen molar-refractivity contribution < 1.29 is 4.52 Å². The molecule has 1 aromatic heterocycles. The Bertz CT molecular complexity index is 619. The highest BCUT2D eigenvalue weighted by Crippen LogP contribution is 2.27. The Morgan fingerprint density at radius 2 is 2.24 bits per heavy atom. The van der Waals surface area contributed by atoms with E-state index in [2.05, 4.69) is 63.0 Å². The molecule has 114 valence electrons. The van der Waals surface area contributed by atoms with E-state index in [0.29, 0.717) is 5.89 Å². The molecule has 2 aromatic rings. The molecule has 1 aromatic carbocycles. The molecule has 3 rings (SSSR count). The lowest BCUT2D eigenvalue weighted by atomic mass is 10.1. The Labute approximate surface area is 144 Å². The van der Waals surface area contributed by atoms with Gasteiger partial charge in [-0.05, 0) is 54.3 Å². The maximum Gasteiger partial charge on any atom is 0.258 e. The van der Waals surface area contributed by atoms with Crippen LogP contribution in [0.5, 0.6) is 0 Å². The lowest BCUT2D eigenvalue weighted by Gasteiger charge is -2.30. The van der Waals surface area contributed by atoms with Crippen molar-refractivity contribution in [3.63, 3.8) is 0 Å². The van der Waals surface area contributed by atoms with Gasteiger partial charge >= 0.3 is 0 Å². The predicted molar refractivity (Wildman–Crippen MR) is 92.7 cm³/mol. The van der Waals surface area contributed by atoms with Gasteiger partial charge in [0.25, 0.3) is 5.89 Å². The first-order chi connectivity index (χ1) is 9.66. The zero-order chi connectivity index (χ0) is 14.1. The van der Waals surface area contributed by atoms with Crippen molar-refractivity contribution in [3.8, 4) is 11.5 Å². The largest absolute Gasteiger partial charge is 0.334 e. The summed E-state index contributed by atoms with van der Waals surface area (Å²) in [6, 6.07) is 6.31. The van der Waals surface area contributed by atoms with Crippen LogP contribution >= 0.6 is 35.0 Å². The molecule has 1 aliphatic heterocycles. The van der Waals surface area contributed by atoms with Crippen LogP contribution < -0.4 is 5.32 Å². The van der Waals surface area contributed by atoms with E-state index >= 15 is 0 Å². The van der Waals surface area contributed by atoms with E-state index in [1.165, 1.54) is 9.13 Å². The average Bonchev–Trinajstić information content (AvgIpc) is 2.92. The van der Waals surface area contributed by atoms with Crippen LogP contribution in [0.15, 0.2) is 22.7 Å². The number of benzene rings is 1. The Balaban J connectivity index is 0.00000161. The van der Waals surface area contributed by atoms with Gasteiger partial charge in [-0.3, -0.25) is 4.90 Å². The Morgan fingerprint density at radius 1 is 1.43 bits per heavy atom. The van der Waals surface area contributed by atoms with Gasteiger partial charge in [-0.15, -0.1) is 12.4 Å². The van der Waals surface area contributed by atoms with Gasteiger partial charge in [-0.25, -0.2) is 0 Å². The zero-order valence-corrected chi connectivity index (χ0v) is 14.9. The third kappa shape index (κ3) is 3.39.